The third kappa shape index (κ3) is 3.68. The van der Waals surface area contributed by atoms with E-state index in [1.54, 1.807) is 6.92 Å². The van der Waals surface area contributed by atoms with Crippen molar-refractivity contribution in [2.45, 2.75) is 90.4 Å². The van der Waals surface area contributed by atoms with E-state index in [1.807, 2.05) is 20.8 Å². The Morgan fingerprint density at radius 2 is 1.88 bits per heavy atom. The minimum atomic E-state index is -0.542. The van der Waals surface area contributed by atoms with E-state index >= 15 is 0 Å². The smallest absolute Gasteiger partial charge is 0.266 e. The molecule has 0 amide bonds. The average molecular weight is 353 g/mol. The maximum Gasteiger partial charge on any atom is 0.266 e. The van der Waals surface area contributed by atoms with Crippen LogP contribution in [0, 0.1) is 6.92 Å². The molecule has 2 aliphatic heterocycles. The second-order valence-corrected chi connectivity index (χ2v) is 9.17. The van der Waals surface area contributed by atoms with E-state index in [9.17, 15) is 0 Å². The summed E-state index contributed by atoms with van der Waals surface area (Å²) in [4.78, 5) is 6.56. The van der Waals surface area contributed by atoms with Gasteiger partial charge < -0.3 is 23.6 Å². The fourth-order valence-electron chi connectivity index (χ4n) is 3.67. The maximum atomic E-state index is 6.45. The van der Waals surface area contributed by atoms with E-state index in [0.29, 0.717) is 25.0 Å². The van der Waals surface area contributed by atoms with Crippen molar-refractivity contribution in [3.05, 3.63) is 5.89 Å². The zero-order chi connectivity index (χ0) is 18.6. The molecule has 2 bridgehead atoms. The van der Waals surface area contributed by atoms with Crippen molar-refractivity contribution in [2.24, 2.45) is 0 Å². The number of ether oxygens (including phenoxy) is 3. The van der Waals surface area contributed by atoms with Gasteiger partial charge in [0.25, 0.3) is 5.95 Å². The van der Waals surface area contributed by atoms with Crippen LogP contribution in [0.3, 0.4) is 0 Å². The van der Waals surface area contributed by atoms with Gasteiger partial charge in [-0.3, -0.25) is 0 Å². The number of aryl methyl sites for hydroxylation is 1. The summed E-state index contributed by atoms with van der Waals surface area (Å²) in [5.41, 5.74) is -1.08. The van der Waals surface area contributed by atoms with Crippen molar-refractivity contribution in [3.8, 4) is 0 Å². The highest BCUT2D eigenvalue weighted by Crippen LogP contribution is 2.46. The molecular formula is C18H31N3O4. The highest BCUT2D eigenvalue weighted by molar-refractivity contribution is 5.40. The molecule has 25 heavy (non-hydrogen) atoms. The zero-order valence-electron chi connectivity index (χ0n) is 16.6. The number of nitrogens with zero attached hydrogens (tertiary/aromatic N) is 3. The first-order valence-corrected chi connectivity index (χ1v) is 8.97. The van der Waals surface area contributed by atoms with Crippen molar-refractivity contribution in [1.29, 1.82) is 0 Å². The molecule has 3 heterocycles. The Morgan fingerprint density at radius 3 is 2.40 bits per heavy atom. The van der Waals surface area contributed by atoms with Crippen molar-refractivity contribution in [1.82, 2.24) is 10.1 Å². The summed E-state index contributed by atoms with van der Waals surface area (Å²) >= 11 is 0. The molecule has 4 atom stereocenters. The fraction of sp³-hybridized carbons (Fsp3) is 0.889. The van der Waals surface area contributed by atoms with E-state index in [2.05, 4.69) is 42.7 Å². The maximum absolute atomic E-state index is 6.45. The van der Waals surface area contributed by atoms with Gasteiger partial charge in [-0.2, -0.15) is 4.98 Å². The highest BCUT2D eigenvalue weighted by Gasteiger charge is 2.65. The first kappa shape index (κ1) is 18.6. The molecular weight excluding hydrogens is 322 g/mol. The van der Waals surface area contributed by atoms with Crippen LogP contribution < -0.4 is 4.90 Å². The Balaban J connectivity index is 1.92. The van der Waals surface area contributed by atoms with E-state index in [-0.39, 0.29) is 29.5 Å². The SMILES string of the molecule is Cc1nc(N2C[C@]3(COC(C)(C)C)O[C@@H](C)[C@H]2[C@@H]3OC(C)(C)C)no1. The third-order valence-electron chi connectivity index (χ3n) is 4.53. The molecule has 2 saturated heterocycles. The average Bonchev–Trinajstić information content (AvgIpc) is 3.05. The van der Waals surface area contributed by atoms with Crippen LogP contribution in [0.2, 0.25) is 0 Å². The lowest BCUT2D eigenvalue weighted by Crippen LogP contribution is -2.51. The first-order valence-electron chi connectivity index (χ1n) is 8.97. The molecule has 0 unspecified atom stereocenters. The van der Waals surface area contributed by atoms with E-state index in [1.165, 1.54) is 0 Å². The van der Waals surface area contributed by atoms with Gasteiger partial charge in [-0.1, -0.05) is 0 Å². The molecule has 142 valence electrons. The van der Waals surface area contributed by atoms with Crippen LogP contribution in [0.25, 0.3) is 0 Å². The molecule has 1 aromatic rings. The number of morpholine rings is 1. The second-order valence-electron chi connectivity index (χ2n) is 9.17. The van der Waals surface area contributed by atoms with Crippen LogP contribution in [0.4, 0.5) is 5.95 Å². The van der Waals surface area contributed by atoms with Crippen molar-refractivity contribution in [3.63, 3.8) is 0 Å². The van der Waals surface area contributed by atoms with Crippen LogP contribution in [0.5, 0.6) is 0 Å². The molecule has 1 aromatic heterocycles. The Morgan fingerprint density at radius 1 is 1.20 bits per heavy atom. The summed E-state index contributed by atoms with van der Waals surface area (Å²) in [6.45, 7) is 17.3. The molecule has 0 aromatic carbocycles. The van der Waals surface area contributed by atoms with Gasteiger partial charge in [-0.05, 0) is 53.6 Å². The lowest BCUT2D eigenvalue weighted by atomic mass is 9.97. The van der Waals surface area contributed by atoms with Gasteiger partial charge in [0.2, 0.25) is 5.89 Å². The molecule has 7 nitrogen and oxygen atoms in total. The Kier molecular flexibility index (Phi) is 4.41. The second kappa shape index (κ2) is 5.93. The molecule has 0 spiro atoms. The summed E-state index contributed by atoms with van der Waals surface area (Å²) < 4.78 is 24.1. The normalized spacial score (nSPS) is 32.6. The standard InChI is InChI=1S/C18H31N3O4/c1-11-13-14(24-17(6,7)8)18(23-11,10-22-16(3,4)5)9-21(13)15-19-12(2)25-20-15/h11,13-14H,9-10H2,1-8H3/t11-,13-,14-,18+/m0/s1. The van der Waals surface area contributed by atoms with E-state index < -0.39 is 5.60 Å². The summed E-state index contributed by atoms with van der Waals surface area (Å²) in [5, 5.41) is 4.11. The van der Waals surface area contributed by atoms with Gasteiger partial charge in [0, 0.05) is 6.92 Å². The fourth-order valence-corrected chi connectivity index (χ4v) is 3.67. The molecule has 0 radical (unpaired) electrons. The predicted octanol–water partition coefficient (Wildman–Crippen LogP) is 2.72. The first-order chi connectivity index (χ1) is 11.4. The van der Waals surface area contributed by atoms with E-state index in [4.69, 9.17) is 18.7 Å². The predicted molar refractivity (Wildman–Crippen MR) is 93.8 cm³/mol. The minimum absolute atomic E-state index is 0.0107. The van der Waals surface area contributed by atoms with Crippen molar-refractivity contribution < 1.29 is 18.7 Å². The van der Waals surface area contributed by atoms with Gasteiger partial charge in [0.1, 0.15) is 11.7 Å². The van der Waals surface area contributed by atoms with Crippen LogP contribution >= 0.6 is 0 Å². The summed E-state index contributed by atoms with van der Waals surface area (Å²) in [6, 6.07) is 0.0276. The summed E-state index contributed by atoms with van der Waals surface area (Å²) in [7, 11) is 0. The van der Waals surface area contributed by atoms with Gasteiger partial charge >= 0.3 is 0 Å². The largest absolute Gasteiger partial charge is 0.373 e. The Hall–Kier alpha value is -1.18. The van der Waals surface area contributed by atoms with Crippen molar-refractivity contribution >= 4 is 5.95 Å². The molecule has 3 rings (SSSR count). The number of rotatable bonds is 4. The monoisotopic (exact) mass is 353 g/mol. The van der Waals surface area contributed by atoms with Crippen LogP contribution in [0.1, 0.15) is 54.4 Å². The Labute approximate surface area is 150 Å². The lowest BCUT2D eigenvalue weighted by molar-refractivity contribution is -0.172. The van der Waals surface area contributed by atoms with Crippen LogP contribution in [0.15, 0.2) is 4.52 Å². The lowest BCUT2D eigenvalue weighted by Gasteiger charge is -2.37. The number of aromatic nitrogens is 2. The summed E-state index contributed by atoms with van der Waals surface area (Å²) in [5.74, 6) is 1.15. The highest BCUT2D eigenvalue weighted by atomic mass is 16.6. The number of hydrogen-bond donors (Lipinski definition) is 0. The third-order valence-corrected chi connectivity index (χ3v) is 4.53. The van der Waals surface area contributed by atoms with Crippen LogP contribution in [-0.2, 0) is 14.2 Å². The molecule has 2 aliphatic rings. The molecule has 7 heteroatoms. The minimum Gasteiger partial charge on any atom is -0.373 e. The molecule has 0 aliphatic carbocycles. The quantitative estimate of drug-likeness (QED) is 0.824. The number of fused-ring (bicyclic) bond motifs is 2. The van der Waals surface area contributed by atoms with Gasteiger partial charge in [-0.15, -0.1) is 0 Å². The number of hydrogen-bond acceptors (Lipinski definition) is 7. The summed E-state index contributed by atoms with van der Waals surface area (Å²) in [6.07, 6.45) is -0.132. The van der Waals surface area contributed by atoms with Gasteiger partial charge in [0.15, 0.2) is 0 Å². The van der Waals surface area contributed by atoms with Crippen molar-refractivity contribution in [2.75, 3.05) is 18.1 Å². The van der Waals surface area contributed by atoms with Gasteiger partial charge in [0.05, 0.1) is 36.5 Å². The Bertz CT molecular complexity index is 619. The topological polar surface area (TPSA) is 69.9 Å². The molecule has 0 N–H and O–H groups in total. The van der Waals surface area contributed by atoms with Gasteiger partial charge in [-0.25, -0.2) is 0 Å². The molecule has 0 saturated carbocycles. The zero-order valence-corrected chi connectivity index (χ0v) is 16.6. The van der Waals surface area contributed by atoms with Crippen LogP contribution in [-0.4, -0.2) is 58.3 Å². The van der Waals surface area contributed by atoms with E-state index in [0.717, 1.165) is 0 Å². The number of anilines is 1. The molecule has 2 fully saturated rings.